The number of hydrogen-bond donors (Lipinski definition) is 2. The summed E-state index contributed by atoms with van der Waals surface area (Å²) in [6.45, 7) is 11.9. The molecule has 0 bridgehead atoms. The fourth-order valence-electron chi connectivity index (χ4n) is 3.44. The molecule has 0 amide bonds. The van der Waals surface area contributed by atoms with Crippen LogP contribution < -0.4 is 5.32 Å². The summed E-state index contributed by atoms with van der Waals surface area (Å²) >= 11 is 0. The molecular formula is C16H30N2O2. The predicted octanol–water partition coefficient (Wildman–Crippen LogP) is 2.42. The van der Waals surface area contributed by atoms with Gasteiger partial charge >= 0.3 is 0 Å². The highest BCUT2D eigenvalue weighted by molar-refractivity contribution is 5.87. The normalized spacial score (nSPS) is 35.0. The molecular weight excluding hydrogens is 252 g/mol. The summed E-state index contributed by atoms with van der Waals surface area (Å²) in [5.41, 5.74) is 1.67. The molecule has 2 fully saturated rings. The lowest BCUT2D eigenvalue weighted by Gasteiger charge is -2.19. The Morgan fingerprint density at radius 2 is 2.10 bits per heavy atom. The first-order chi connectivity index (χ1) is 9.32. The van der Waals surface area contributed by atoms with Crippen molar-refractivity contribution in [1.29, 1.82) is 0 Å². The minimum atomic E-state index is -0.495. The van der Waals surface area contributed by atoms with Crippen molar-refractivity contribution < 1.29 is 9.94 Å². The number of aliphatic hydroxyl groups is 1. The zero-order chi connectivity index (χ0) is 14.9. The average molecular weight is 282 g/mol. The lowest BCUT2D eigenvalue weighted by Crippen LogP contribution is -2.34. The van der Waals surface area contributed by atoms with Gasteiger partial charge in [0.1, 0.15) is 12.7 Å². The second-order valence-electron chi connectivity index (χ2n) is 7.47. The van der Waals surface area contributed by atoms with Gasteiger partial charge in [-0.15, -0.1) is 0 Å². The molecule has 0 spiro atoms. The van der Waals surface area contributed by atoms with E-state index in [9.17, 15) is 5.11 Å². The van der Waals surface area contributed by atoms with E-state index in [4.69, 9.17) is 4.84 Å². The third-order valence-corrected chi connectivity index (χ3v) is 5.10. The molecule has 0 aliphatic heterocycles. The van der Waals surface area contributed by atoms with Crippen LogP contribution in [0.15, 0.2) is 5.16 Å². The van der Waals surface area contributed by atoms with Crippen LogP contribution in [0.1, 0.15) is 47.5 Å². The first-order valence-corrected chi connectivity index (χ1v) is 7.92. The number of rotatable bonds is 6. The van der Waals surface area contributed by atoms with E-state index in [1.54, 1.807) is 0 Å². The second kappa shape index (κ2) is 6.02. The Hall–Kier alpha value is -0.610. The van der Waals surface area contributed by atoms with E-state index < -0.39 is 6.10 Å². The van der Waals surface area contributed by atoms with Crippen molar-refractivity contribution in [2.45, 2.75) is 59.6 Å². The van der Waals surface area contributed by atoms with Crippen molar-refractivity contribution in [1.82, 2.24) is 5.32 Å². The number of nitrogens with zero attached hydrogens (tertiary/aromatic N) is 1. The van der Waals surface area contributed by atoms with Crippen LogP contribution in [0.3, 0.4) is 0 Å². The molecule has 0 saturated heterocycles. The zero-order valence-corrected chi connectivity index (χ0v) is 13.5. The smallest absolute Gasteiger partial charge is 0.144 e. The summed E-state index contributed by atoms with van der Waals surface area (Å²) in [6, 6.07) is 0.378. The van der Waals surface area contributed by atoms with E-state index in [0.29, 0.717) is 23.9 Å². The monoisotopic (exact) mass is 282 g/mol. The number of nitrogens with one attached hydrogen (secondary N) is 1. The van der Waals surface area contributed by atoms with Crippen molar-refractivity contribution in [3.8, 4) is 0 Å². The summed E-state index contributed by atoms with van der Waals surface area (Å²) < 4.78 is 0. The zero-order valence-electron chi connectivity index (χ0n) is 13.5. The molecule has 0 heterocycles. The Labute approximate surface area is 123 Å². The standard InChI is InChI=1S/C16H30N2O2/c1-10(2)17-8-12(19)9-20-18-15-7-14-13(6-11(15)3)16(14,4)5/h10-14,17,19H,6-9H2,1-5H3/b18-15+/t11-,12?,13+,14-/m1/s1. The Bertz CT molecular complexity index is 365. The fourth-order valence-corrected chi connectivity index (χ4v) is 3.44. The van der Waals surface area contributed by atoms with E-state index >= 15 is 0 Å². The van der Waals surface area contributed by atoms with Crippen LogP contribution in [-0.4, -0.2) is 36.1 Å². The maximum absolute atomic E-state index is 9.78. The van der Waals surface area contributed by atoms with Gasteiger partial charge in [-0.05, 0) is 36.0 Å². The molecule has 2 aliphatic carbocycles. The molecule has 2 saturated carbocycles. The molecule has 2 rings (SSSR count). The Morgan fingerprint density at radius 1 is 1.40 bits per heavy atom. The highest BCUT2D eigenvalue weighted by Crippen LogP contribution is 2.65. The molecule has 1 unspecified atom stereocenters. The lowest BCUT2D eigenvalue weighted by molar-refractivity contribution is 0.0382. The van der Waals surface area contributed by atoms with E-state index in [1.165, 1.54) is 12.1 Å². The van der Waals surface area contributed by atoms with Crippen LogP contribution in [-0.2, 0) is 4.84 Å². The number of oxime groups is 1. The van der Waals surface area contributed by atoms with Gasteiger partial charge in [0, 0.05) is 12.6 Å². The van der Waals surface area contributed by atoms with Gasteiger partial charge in [0.25, 0.3) is 0 Å². The maximum Gasteiger partial charge on any atom is 0.144 e. The Balaban J connectivity index is 1.74. The average Bonchev–Trinajstić information content (AvgIpc) is 2.88. The molecule has 2 N–H and O–H groups in total. The largest absolute Gasteiger partial charge is 0.393 e. The van der Waals surface area contributed by atoms with Crippen molar-refractivity contribution in [2.24, 2.45) is 28.3 Å². The van der Waals surface area contributed by atoms with E-state index in [-0.39, 0.29) is 6.61 Å². The fraction of sp³-hybridized carbons (Fsp3) is 0.938. The van der Waals surface area contributed by atoms with Gasteiger partial charge in [-0.2, -0.15) is 0 Å². The minimum Gasteiger partial charge on any atom is -0.393 e. The molecule has 0 aromatic carbocycles. The van der Waals surface area contributed by atoms with Gasteiger partial charge in [-0.25, -0.2) is 0 Å². The number of fused-ring (bicyclic) bond motifs is 1. The quantitative estimate of drug-likeness (QED) is 0.736. The van der Waals surface area contributed by atoms with Crippen LogP contribution in [0.25, 0.3) is 0 Å². The molecule has 4 nitrogen and oxygen atoms in total. The summed E-state index contributed by atoms with van der Waals surface area (Å²) in [7, 11) is 0. The summed E-state index contributed by atoms with van der Waals surface area (Å²) in [6.07, 6.45) is 1.81. The second-order valence-corrected chi connectivity index (χ2v) is 7.47. The SMILES string of the molecule is CC(C)NCC(O)CO/N=C1\C[C@@H]2[C@H](C[C@H]1C)C2(C)C. The highest BCUT2D eigenvalue weighted by atomic mass is 16.6. The topological polar surface area (TPSA) is 53.8 Å². The van der Waals surface area contributed by atoms with E-state index in [2.05, 4.69) is 45.1 Å². The molecule has 0 aromatic rings. The highest BCUT2D eigenvalue weighted by Gasteiger charge is 2.60. The first-order valence-electron chi connectivity index (χ1n) is 7.92. The lowest BCUT2D eigenvalue weighted by atomic mass is 9.89. The minimum absolute atomic E-state index is 0.271. The van der Waals surface area contributed by atoms with E-state index in [1.807, 2.05) is 0 Å². The predicted molar refractivity (Wildman–Crippen MR) is 81.7 cm³/mol. The molecule has 20 heavy (non-hydrogen) atoms. The summed E-state index contributed by atoms with van der Waals surface area (Å²) in [5, 5.41) is 17.3. The van der Waals surface area contributed by atoms with Crippen LogP contribution in [0.2, 0.25) is 0 Å². The van der Waals surface area contributed by atoms with Crippen molar-refractivity contribution in [3.63, 3.8) is 0 Å². The number of hydrogen-bond acceptors (Lipinski definition) is 4. The van der Waals surface area contributed by atoms with Gasteiger partial charge < -0.3 is 15.3 Å². The van der Waals surface area contributed by atoms with Gasteiger partial charge in [-0.3, -0.25) is 0 Å². The van der Waals surface area contributed by atoms with Gasteiger partial charge in [0.2, 0.25) is 0 Å². The molecule has 2 aliphatic rings. The molecule has 116 valence electrons. The maximum atomic E-state index is 9.78. The molecule has 0 aromatic heterocycles. The summed E-state index contributed by atoms with van der Waals surface area (Å²) in [4.78, 5) is 5.37. The van der Waals surface area contributed by atoms with Crippen molar-refractivity contribution >= 4 is 5.71 Å². The first kappa shape index (κ1) is 15.8. The van der Waals surface area contributed by atoms with Crippen LogP contribution in [0.5, 0.6) is 0 Å². The third-order valence-electron chi connectivity index (χ3n) is 5.10. The van der Waals surface area contributed by atoms with Gasteiger partial charge in [0.05, 0.1) is 5.71 Å². The molecule has 4 heteroatoms. The van der Waals surface area contributed by atoms with Gasteiger partial charge in [0.15, 0.2) is 0 Å². The van der Waals surface area contributed by atoms with Gasteiger partial charge in [-0.1, -0.05) is 39.8 Å². The Kier molecular flexibility index (Phi) is 4.75. The third kappa shape index (κ3) is 3.53. The summed E-state index contributed by atoms with van der Waals surface area (Å²) in [5.74, 6) is 2.18. The van der Waals surface area contributed by atoms with Crippen LogP contribution in [0.4, 0.5) is 0 Å². The van der Waals surface area contributed by atoms with E-state index in [0.717, 1.165) is 18.3 Å². The Morgan fingerprint density at radius 3 is 2.75 bits per heavy atom. The van der Waals surface area contributed by atoms with Crippen molar-refractivity contribution in [3.05, 3.63) is 0 Å². The van der Waals surface area contributed by atoms with Crippen molar-refractivity contribution in [2.75, 3.05) is 13.2 Å². The molecule has 4 atom stereocenters. The number of aliphatic hydroxyl groups excluding tert-OH is 1. The van der Waals surface area contributed by atoms with Crippen LogP contribution in [0, 0.1) is 23.2 Å². The van der Waals surface area contributed by atoms with Crippen LogP contribution >= 0.6 is 0 Å². The molecule has 0 radical (unpaired) electrons.